The van der Waals surface area contributed by atoms with Crippen molar-refractivity contribution >= 4 is 5.95 Å². The van der Waals surface area contributed by atoms with Gasteiger partial charge in [-0.1, -0.05) is 6.07 Å². The molecule has 0 aliphatic heterocycles. The average molecular weight is 265 g/mol. The fourth-order valence-electron chi connectivity index (χ4n) is 1.56. The van der Waals surface area contributed by atoms with Crippen LogP contribution in [-0.2, 0) is 6.54 Å². The zero-order chi connectivity index (χ0) is 13.8. The first-order valence-electron chi connectivity index (χ1n) is 5.66. The lowest BCUT2D eigenvalue weighted by Gasteiger charge is -2.08. The van der Waals surface area contributed by atoms with Gasteiger partial charge in [-0.2, -0.15) is 4.98 Å². The molecule has 1 aromatic carbocycles. The number of halogens is 2. The number of rotatable bonds is 4. The summed E-state index contributed by atoms with van der Waals surface area (Å²) in [6.07, 6.45) is 0. The Morgan fingerprint density at radius 3 is 2.68 bits per heavy atom. The molecular weight excluding hydrogens is 252 g/mol. The summed E-state index contributed by atoms with van der Waals surface area (Å²) in [6.45, 7) is 1.96. The Morgan fingerprint density at radius 2 is 2.00 bits per heavy atom. The van der Waals surface area contributed by atoms with Crippen LogP contribution in [0, 0.1) is 18.6 Å². The molecule has 0 spiro atoms. The van der Waals surface area contributed by atoms with Gasteiger partial charge >= 0.3 is 0 Å². The molecule has 19 heavy (non-hydrogen) atoms. The minimum atomic E-state index is -0.605. The molecule has 4 nitrogen and oxygen atoms in total. The van der Waals surface area contributed by atoms with Crippen LogP contribution in [0.4, 0.5) is 14.7 Å². The second kappa shape index (κ2) is 5.60. The molecule has 0 bridgehead atoms. The molecule has 0 radical (unpaired) electrons. The SMILES string of the molecule is COc1cc(C)nc(NCc2ccc(F)cc2F)n1. The first-order chi connectivity index (χ1) is 9.08. The molecule has 0 amide bonds. The Bertz CT molecular complexity index is 590. The van der Waals surface area contributed by atoms with E-state index in [2.05, 4.69) is 15.3 Å². The van der Waals surface area contributed by atoms with Crippen molar-refractivity contribution in [2.75, 3.05) is 12.4 Å². The number of benzene rings is 1. The maximum atomic E-state index is 13.4. The highest BCUT2D eigenvalue weighted by molar-refractivity contribution is 5.32. The third-order valence-electron chi connectivity index (χ3n) is 2.49. The number of hydrogen-bond acceptors (Lipinski definition) is 4. The number of methoxy groups -OCH3 is 1. The largest absolute Gasteiger partial charge is 0.481 e. The zero-order valence-electron chi connectivity index (χ0n) is 10.6. The van der Waals surface area contributed by atoms with Crippen molar-refractivity contribution in [3.63, 3.8) is 0 Å². The average Bonchev–Trinajstić information content (AvgIpc) is 2.37. The van der Waals surface area contributed by atoms with Crippen LogP contribution in [-0.4, -0.2) is 17.1 Å². The van der Waals surface area contributed by atoms with Gasteiger partial charge in [0.15, 0.2) is 0 Å². The van der Waals surface area contributed by atoms with E-state index >= 15 is 0 Å². The number of nitrogens with zero attached hydrogens (tertiary/aromatic N) is 2. The molecular formula is C13H13F2N3O. The molecule has 1 heterocycles. The highest BCUT2D eigenvalue weighted by Gasteiger charge is 2.06. The predicted octanol–water partition coefficient (Wildman–Crippen LogP) is 2.68. The van der Waals surface area contributed by atoms with Gasteiger partial charge in [-0.05, 0) is 13.0 Å². The third kappa shape index (κ3) is 3.37. The molecule has 6 heteroatoms. The molecule has 2 aromatic rings. The fraction of sp³-hybridized carbons (Fsp3) is 0.231. The molecule has 0 saturated carbocycles. The van der Waals surface area contributed by atoms with Gasteiger partial charge in [-0.25, -0.2) is 13.8 Å². The predicted molar refractivity (Wildman–Crippen MR) is 67.0 cm³/mol. The number of nitrogens with one attached hydrogen (secondary N) is 1. The van der Waals surface area contributed by atoms with Gasteiger partial charge < -0.3 is 10.1 Å². The van der Waals surface area contributed by atoms with Gasteiger partial charge in [0.25, 0.3) is 0 Å². The van der Waals surface area contributed by atoms with Crippen LogP contribution in [0.1, 0.15) is 11.3 Å². The zero-order valence-corrected chi connectivity index (χ0v) is 10.6. The molecule has 0 saturated heterocycles. The van der Waals surface area contributed by atoms with Crippen molar-refractivity contribution in [1.29, 1.82) is 0 Å². The van der Waals surface area contributed by atoms with E-state index in [4.69, 9.17) is 4.74 Å². The smallest absolute Gasteiger partial charge is 0.226 e. The van der Waals surface area contributed by atoms with Gasteiger partial charge in [0.1, 0.15) is 11.6 Å². The summed E-state index contributed by atoms with van der Waals surface area (Å²) < 4.78 is 31.2. The van der Waals surface area contributed by atoms with Gasteiger partial charge in [0.05, 0.1) is 7.11 Å². The quantitative estimate of drug-likeness (QED) is 0.923. The van der Waals surface area contributed by atoms with Crippen molar-refractivity contribution in [3.8, 4) is 5.88 Å². The van der Waals surface area contributed by atoms with Crippen LogP contribution in [0.5, 0.6) is 5.88 Å². The summed E-state index contributed by atoms with van der Waals surface area (Å²) >= 11 is 0. The van der Waals surface area contributed by atoms with Crippen LogP contribution in [0.3, 0.4) is 0 Å². The summed E-state index contributed by atoms with van der Waals surface area (Å²) in [4.78, 5) is 8.22. The highest BCUT2D eigenvalue weighted by Crippen LogP contribution is 2.14. The van der Waals surface area contributed by atoms with E-state index in [0.29, 0.717) is 17.4 Å². The molecule has 0 aliphatic rings. The second-order valence-electron chi connectivity index (χ2n) is 3.96. The van der Waals surface area contributed by atoms with E-state index in [-0.39, 0.29) is 6.54 Å². The van der Waals surface area contributed by atoms with Crippen LogP contribution in [0.15, 0.2) is 24.3 Å². The van der Waals surface area contributed by atoms with Gasteiger partial charge in [-0.15, -0.1) is 0 Å². The lowest BCUT2D eigenvalue weighted by Crippen LogP contribution is -2.06. The summed E-state index contributed by atoms with van der Waals surface area (Å²) in [7, 11) is 1.51. The van der Waals surface area contributed by atoms with Crippen LogP contribution in [0.2, 0.25) is 0 Å². The topological polar surface area (TPSA) is 47.0 Å². The first kappa shape index (κ1) is 13.2. The number of hydrogen-bond donors (Lipinski definition) is 1. The summed E-state index contributed by atoms with van der Waals surface area (Å²) in [5.74, 6) is -0.447. The Labute approximate surface area is 109 Å². The normalized spacial score (nSPS) is 10.3. The molecule has 0 atom stereocenters. The molecule has 0 aliphatic carbocycles. The van der Waals surface area contributed by atoms with E-state index in [0.717, 1.165) is 11.8 Å². The van der Waals surface area contributed by atoms with Crippen LogP contribution < -0.4 is 10.1 Å². The highest BCUT2D eigenvalue weighted by atomic mass is 19.1. The van der Waals surface area contributed by atoms with Crippen molar-refractivity contribution in [3.05, 3.63) is 47.2 Å². The Morgan fingerprint density at radius 1 is 1.21 bits per heavy atom. The number of aromatic nitrogens is 2. The number of aryl methyl sites for hydroxylation is 1. The Hall–Kier alpha value is -2.24. The minimum Gasteiger partial charge on any atom is -0.481 e. The maximum Gasteiger partial charge on any atom is 0.226 e. The van der Waals surface area contributed by atoms with E-state index in [1.807, 2.05) is 0 Å². The monoisotopic (exact) mass is 265 g/mol. The number of ether oxygens (including phenoxy) is 1. The standard InChI is InChI=1S/C13H13F2N3O/c1-8-5-12(19-2)18-13(17-8)16-7-9-3-4-10(14)6-11(9)15/h3-6H,7H2,1-2H3,(H,16,17,18). The second-order valence-corrected chi connectivity index (χ2v) is 3.96. The van der Waals surface area contributed by atoms with E-state index in [1.54, 1.807) is 13.0 Å². The van der Waals surface area contributed by atoms with Crippen molar-refractivity contribution < 1.29 is 13.5 Å². The Kier molecular flexibility index (Phi) is 3.89. The van der Waals surface area contributed by atoms with Gasteiger partial charge in [0, 0.05) is 29.9 Å². The fourth-order valence-corrected chi connectivity index (χ4v) is 1.56. The van der Waals surface area contributed by atoms with Crippen LogP contribution in [0.25, 0.3) is 0 Å². The van der Waals surface area contributed by atoms with Crippen molar-refractivity contribution in [2.45, 2.75) is 13.5 Å². The molecule has 0 fully saturated rings. The third-order valence-corrected chi connectivity index (χ3v) is 2.49. The van der Waals surface area contributed by atoms with E-state index in [9.17, 15) is 8.78 Å². The van der Waals surface area contributed by atoms with E-state index in [1.165, 1.54) is 19.2 Å². The van der Waals surface area contributed by atoms with Gasteiger partial charge in [-0.3, -0.25) is 0 Å². The van der Waals surface area contributed by atoms with Gasteiger partial charge in [0.2, 0.25) is 11.8 Å². The lowest BCUT2D eigenvalue weighted by molar-refractivity contribution is 0.397. The summed E-state index contributed by atoms with van der Waals surface area (Å²) in [5, 5.41) is 2.87. The molecule has 1 aromatic heterocycles. The van der Waals surface area contributed by atoms with Crippen molar-refractivity contribution in [2.24, 2.45) is 0 Å². The van der Waals surface area contributed by atoms with Crippen LogP contribution >= 0.6 is 0 Å². The molecule has 100 valence electrons. The first-order valence-corrected chi connectivity index (χ1v) is 5.66. The minimum absolute atomic E-state index is 0.165. The molecule has 2 rings (SSSR count). The Balaban J connectivity index is 2.12. The van der Waals surface area contributed by atoms with E-state index < -0.39 is 11.6 Å². The summed E-state index contributed by atoms with van der Waals surface area (Å²) in [6, 6.07) is 5.11. The summed E-state index contributed by atoms with van der Waals surface area (Å²) in [5.41, 5.74) is 1.07. The number of anilines is 1. The maximum absolute atomic E-state index is 13.4. The molecule has 1 N–H and O–H groups in total. The molecule has 0 unspecified atom stereocenters. The lowest BCUT2D eigenvalue weighted by atomic mass is 10.2. The van der Waals surface area contributed by atoms with Crippen molar-refractivity contribution in [1.82, 2.24) is 9.97 Å².